The summed E-state index contributed by atoms with van der Waals surface area (Å²) in [5.41, 5.74) is 1.27. The van der Waals surface area contributed by atoms with Gasteiger partial charge >= 0.3 is 0 Å². The van der Waals surface area contributed by atoms with E-state index < -0.39 is 6.10 Å². The molecule has 2 rings (SSSR count). The van der Waals surface area contributed by atoms with Crippen LogP contribution < -0.4 is 5.32 Å². The van der Waals surface area contributed by atoms with Crippen LogP contribution in [0.2, 0.25) is 5.02 Å². The molecule has 0 saturated carbocycles. The molecule has 112 valence electrons. The van der Waals surface area contributed by atoms with E-state index in [4.69, 9.17) is 16.0 Å². The van der Waals surface area contributed by atoms with Gasteiger partial charge < -0.3 is 14.8 Å². The second-order valence-electron chi connectivity index (χ2n) is 4.94. The maximum absolute atomic E-state index is 11.9. The Morgan fingerprint density at radius 3 is 2.76 bits per heavy atom. The first kappa shape index (κ1) is 15.6. The van der Waals surface area contributed by atoms with Crippen LogP contribution in [0.5, 0.6) is 0 Å². The number of furan rings is 1. The van der Waals surface area contributed by atoms with Gasteiger partial charge in [0, 0.05) is 22.7 Å². The van der Waals surface area contributed by atoms with Gasteiger partial charge in [-0.1, -0.05) is 17.7 Å². The van der Waals surface area contributed by atoms with Crippen LogP contribution in [-0.2, 0) is 0 Å². The van der Waals surface area contributed by atoms with Crippen molar-refractivity contribution in [3.8, 4) is 0 Å². The van der Waals surface area contributed by atoms with Crippen molar-refractivity contribution in [1.82, 2.24) is 5.32 Å². The fourth-order valence-corrected chi connectivity index (χ4v) is 2.38. The Hall–Kier alpha value is -1.78. The van der Waals surface area contributed by atoms with Gasteiger partial charge in [-0.15, -0.1) is 0 Å². The molecule has 0 spiro atoms. The minimum absolute atomic E-state index is 0.204. The summed E-state index contributed by atoms with van der Waals surface area (Å²) in [7, 11) is 0. The fourth-order valence-electron chi connectivity index (χ4n) is 2.19. The Kier molecular flexibility index (Phi) is 5.04. The number of amides is 1. The molecule has 2 aromatic rings. The molecule has 1 amide bonds. The van der Waals surface area contributed by atoms with Crippen LogP contribution in [0.3, 0.4) is 0 Å². The molecular formula is C16H18ClNO3. The van der Waals surface area contributed by atoms with E-state index >= 15 is 0 Å². The zero-order chi connectivity index (χ0) is 15.4. The van der Waals surface area contributed by atoms with Gasteiger partial charge in [-0.2, -0.15) is 0 Å². The van der Waals surface area contributed by atoms with Crippen molar-refractivity contribution in [2.75, 3.05) is 6.54 Å². The summed E-state index contributed by atoms with van der Waals surface area (Å²) in [5, 5.41) is 13.4. The van der Waals surface area contributed by atoms with Gasteiger partial charge in [0.15, 0.2) is 0 Å². The molecule has 2 N–H and O–H groups in total. The van der Waals surface area contributed by atoms with Crippen molar-refractivity contribution >= 4 is 17.5 Å². The van der Waals surface area contributed by atoms with Crippen molar-refractivity contribution in [2.45, 2.75) is 26.4 Å². The number of rotatable bonds is 5. The van der Waals surface area contributed by atoms with Gasteiger partial charge in [0.25, 0.3) is 5.91 Å². The summed E-state index contributed by atoms with van der Waals surface area (Å²) >= 11 is 5.84. The molecule has 0 aliphatic heterocycles. The molecule has 1 atom stereocenters. The number of carbonyl (C=O) groups excluding carboxylic acids is 1. The van der Waals surface area contributed by atoms with E-state index in [1.807, 2.05) is 19.9 Å². The van der Waals surface area contributed by atoms with Crippen LogP contribution in [0, 0.1) is 13.8 Å². The standard InChI is InChI=1S/C16H18ClNO3/c1-10-8-14(11(2)21-10)15(19)6-7-18-16(20)12-4-3-5-13(17)9-12/h3-5,8-9,15,19H,6-7H2,1-2H3,(H,18,20). The molecule has 0 radical (unpaired) electrons. The van der Waals surface area contributed by atoms with Crippen molar-refractivity contribution in [3.63, 3.8) is 0 Å². The average Bonchev–Trinajstić information content (AvgIpc) is 2.77. The van der Waals surface area contributed by atoms with Gasteiger partial charge in [-0.25, -0.2) is 0 Å². The van der Waals surface area contributed by atoms with E-state index in [0.29, 0.717) is 29.3 Å². The quantitative estimate of drug-likeness (QED) is 0.890. The first-order valence-corrected chi connectivity index (χ1v) is 7.14. The summed E-state index contributed by atoms with van der Waals surface area (Å²) in [4.78, 5) is 11.9. The van der Waals surface area contributed by atoms with Gasteiger partial charge in [0.1, 0.15) is 11.5 Å². The smallest absolute Gasteiger partial charge is 0.251 e. The highest BCUT2D eigenvalue weighted by Gasteiger charge is 2.14. The maximum Gasteiger partial charge on any atom is 0.251 e. The maximum atomic E-state index is 11.9. The van der Waals surface area contributed by atoms with Crippen LogP contribution in [0.15, 0.2) is 34.7 Å². The summed E-state index contributed by atoms with van der Waals surface area (Å²) in [6, 6.07) is 8.56. The Balaban J connectivity index is 1.87. The third-order valence-corrected chi connectivity index (χ3v) is 3.46. The summed E-state index contributed by atoms with van der Waals surface area (Å²) in [6.07, 6.45) is -0.228. The molecule has 0 aliphatic rings. The molecule has 0 bridgehead atoms. The Bertz CT molecular complexity index is 636. The van der Waals surface area contributed by atoms with Crippen LogP contribution in [0.1, 0.15) is 40.0 Å². The highest BCUT2D eigenvalue weighted by molar-refractivity contribution is 6.30. The van der Waals surface area contributed by atoms with Gasteiger partial charge in [-0.3, -0.25) is 4.79 Å². The number of halogens is 1. The largest absolute Gasteiger partial charge is 0.466 e. The lowest BCUT2D eigenvalue weighted by Crippen LogP contribution is -2.25. The number of carbonyl (C=O) groups is 1. The van der Waals surface area contributed by atoms with E-state index in [0.717, 1.165) is 11.3 Å². The van der Waals surface area contributed by atoms with Gasteiger partial charge in [0.2, 0.25) is 0 Å². The first-order chi connectivity index (χ1) is 9.97. The summed E-state index contributed by atoms with van der Waals surface area (Å²) < 4.78 is 5.38. The van der Waals surface area contributed by atoms with E-state index in [2.05, 4.69) is 5.32 Å². The topological polar surface area (TPSA) is 62.5 Å². The monoisotopic (exact) mass is 307 g/mol. The number of hydrogen-bond donors (Lipinski definition) is 2. The molecule has 4 nitrogen and oxygen atoms in total. The lowest BCUT2D eigenvalue weighted by molar-refractivity contribution is 0.0942. The molecule has 0 saturated heterocycles. The average molecular weight is 308 g/mol. The normalized spacial score (nSPS) is 12.2. The SMILES string of the molecule is Cc1cc(C(O)CCNC(=O)c2cccc(Cl)c2)c(C)o1. The van der Waals surface area contributed by atoms with Gasteiger partial charge in [-0.05, 0) is 44.5 Å². The number of aliphatic hydroxyl groups excluding tert-OH is 1. The van der Waals surface area contributed by atoms with Crippen molar-refractivity contribution in [1.29, 1.82) is 0 Å². The van der Waals surface area contributed by atoms with Crippen LogP contribution >= 0.6 is 11.6 Å². The van der Waals surface area contributed by atoms with E-state index in [9.17, 15) is 9.90 Å². The van der Waals surface area contributed by atoms with Crippen LogP contribution in [0.25, 0.3) is 0 Å². The summed E-state index contributed by atoms with van der Waals surface area (Å²) in [5.74, 6) is 1.27. The van der Waals surface area contributed by atoms with Crippen LogP contribution in [0.4, 0.5) is 0 Å². The fraction of sp³-hybridized carbons (Fsp3) is 0.312. The highest BCUT2D eigenvalue weighted by Crippen LogP contribution is 2.23. The number of nitrogens with one attached hydrogen (secondary N) is 1. The second-order valence-corrected chi connectivity index (χ2v) is 5.38. The molecule has 21 heavy (non-hydrogen) atoms. The minimum atomic E-state index is -0.651. The molecule has 0 fully saturated rings. The van der Waals surface area contributed by atoms with Crippen molar-refractivity contribution in [2.24, 2.45) is 0 Å². The zero-order valence-corrected chi connectivity index (χ0v) is 12.8. The molecule has 1 heterocycles. The molecule has 5 heteroatoms. The third-order valence-electron chi connectivity index (χ3n) is 3.23. The number of hydrogen-bond acceptors (Lipinski definition) is 3. The molecular weight excluding hydrogens is 290 g/mol. The number of aryl methyl sites for hydroxylation is 2. The van der Waals surface area contributed by atoms with E-state index in [1.165, 1.54) is 0 Å². The number of aliphatic hydroxyl groups is 1. The number of benzene rings is 1. The predicted molar refractivity (Wildman–Crippen MR) is 81.5 cm³/mol. The third kappa shape index (κ3) is 4.09. The van der Waals surface area contributed by atoms with Crippen molar-refractivity contribution < 1.29 is 14.3 Å². The highest BCUT2D eigenvalue weighted by atomic mass is 35.5. The predicted octanol–water partition coefficient (Wildman–Crippen LogP) is 3.40. The Labute approximate surface area is 128 Å². The van der Waals surface area contributed by atoms with Gasteiger partial charge in [0.05, 0.1) is 6.10 Å². The second kappa shape index (κ2) is 6.78. The van der Waals surface area contributed by atoms with E-state index in [1.54, 1.807) is 24.3 Å². The summed E-state index contributed by atoms with van der Waals surface area (Å²) in [6.45, 7) is 4.02. The van der Waals surface area contributed by atoms with Crippen LogP contribution in [-0.4, -0.2) is 17.6 Å². The zero-order valence-electron chi connectivity index (χ0n) is 12.0. The lowest BCUT2D eigenvalue weighted by atomic mass is 10.1. The molecule has 1 aromatic carbocycles. The molecule has 1 aromatic heterocycles. The van der Waals surface area contributed by atoms with Crippen molar-refractivity contribution in [3.05, 3.63) is 58.0 Å². The Morgan fingerprint density at radius 2 is 2.14 bits per heavy atom. The van der Waals surface area contributed by atoms with E-state index in [-0.39, 0.29) is 5.91 Å². The minimum Gasteiger partial charge on any atom is -0.466 e. The molecule has 0 aliphatic carbocycles. The molecule has 1 unspecified atom stereocenters. The lowest BCUT2D eigenvalue weighted by Gasteiger charge is -2.10. The first-order valence-electron chi connectivity index (χ1n) is 6.76. The Morgan fingerprint density at radius 1 is 1.38 bits per heavy atom.